The van der Waals surface area contributed by atoms with E-state index >= 15 is 0 Å². The Balaban J connectivity index is 1.29. The minimum atomic E-state index is -0.116. The van der Waals surface area contributed by atoms with E-state index in [-0.39, 0.29) is 5.41 Å². The molecule has 0 N–H and O–H groups in total. The van der Waals surface area contributed by atoms with Gasteiger partial charge in [-0.2, -0.15) is 0 Å². The normalized spacial score (nSPS) is 13.5. The van der Waals surface area contributed by atoms with Crippen molar-refractivity contribution in [2.45, 2.75) is 19.3 Å². The molecule has 1 heteroatoms. The van der Waals surface area contributed by atoms with Crippen LogP contribution in [0.25, 0.3) is 86.5 Å². The predicted molar refractivity (Wildman–Crippen MR) is 232 cm³/mol. The molecular weight excluding hydrogens is 651 g/mol. The van der Waals surface area contributed by atoms with E-state index in [1.165, 1.54) is 109 Å². The highest BCUT2D eigenvalue weighted by atomic mass is 15.1. The molecule has 1 aliphatic carbocycles. The molecule has 0 aromatic heterocycles. The van der Waals surface area contributed by atoms with E-state index in [2.05, 4.69) is 195 Å². The van der Waals surface area contributed by atoms with E-state index in [4.69, 9.17) is 0 Å². The van der Waals surface area contributed by atoms with Crippen LogP contribution in [-0.4, -0.2) is 0 Å². The van der Waals surface area contributed by atoms with Crippen molar-refractivity contribution in [3.8, 4) is 11.1 Å². The molecule has 11 aromatic rings. The van der Waals surface area contributed by atoms with E-state index in [0.717, 1.165) is 5.69 Å². The van der Waals surface area contributed by atoms with Crippen molar-refractivity contribution >= 4 is 92.5 Å². The van der Waals surface area contributed by atoms with Gasteiger partial charge in [0.1, 0.15) is 0 Å². The van der Waals surface area contributed by atoms with Crippen molar-refractivity contribution < 1.29 is 0 Å². The maximum absolute atomic E-state index is 2.55. The Bertz CT molecular complexity index is 3360. The molecule has 0 atom stereocenters. The molecule has 0 heterocycles. The average molecular weight is 686 g/mol. The minimum absolute atomic E-state index is 0.116. The summed E-state index contributed by atoms with van der Waals surface area (Å²) >= 11 is 0. The summed E-state index contributed by atoms with van der Waals surface area (Å²) in [4.78, 5) is 2.55. The number of anilines is 3. The lowest BCUT2D eigenvalue weighted by Gasteiger charge is -2.30. The second-order valence-corrected chi connectivity index (χ2v) is 15.6. The van der Waals surface area contributed by atoms with Crippen molar-refractivity contribution in [3.63, 3.8) is 0 Å². The summed E-state index contributed by atoms with van der Waals surface area (Å²) in [5.74, 6) is 0. The van der Waals surface area contributed by atoms with Crippen LogP contribution in [-0.2, 0) is 5.41 Å². The van der Waals surface area contributed by atoms with Crippen LogP contribution in [0.4, 0.5) is 17.1 Å². The molecule has 0 fully saturated rings. The average Bonchev–Trinajstić information content (AvgIpc) is 3.45. The lowest BCUT2D eigenvalue weighted by Crippen LogP contribution is -2.16. The van der Waals surface area contributed by atoms with Gasteiger partial charge in [-0.1, -0.05) is 166 Å². The molecular formula is C53H35N. The molecule has 0 spiro atoms. The number of fused-ring (bicyclic) bond motifs is 6. The Hall–Kier alpha value is -6.70. The van der Waals surface area contributed by atoms with Crippen molar-refractivity contribution in [2.75, 3.05) is 4.90 Å². The third kappa shape index (κ3) is 3.88. The Kier molecular flexibility index (Phi) is 5.90. The second kappa shape index (κ2) is 10.7. The first kappa shape index (κ1) is 29.8. The maximum Gasteiger partial charge on any atom is 0.0543 e. The van der Waals surface area contributed by atoms with Gasteiger partial charge in [0.2, 0.25) is 0 Å². The summed E-state index contributed by atoms with van der Waals surface area (Å²) in [6, 6.07) is 66.2. The first-order valence-electron chi connectivity index (χ1n) is 19.0. The van der Waals surface area contributed by atoms with E-state index < -0.39 is 0 Å². The third-order valence-electron chi connectivity index (χ3n) is 12.5. The van der Waals surface area contributed by atoms with E-state index in [1.54, 1.807) is 0 Å². The topological polar surface area (TPSA) is 3.24 Å². The van der Waals surface area contributed by atoms with Gasteiger partial charge in [-0.25, -0.2) is 0 Å². The van der Waals surface area contributed by atoms with E-state index in [0.29, 0.717) is 0 Å². The first-order valence-corrected chi connectivity index (χ1v) is 19.0. The van der Waals surface area contributed by atoms with Crippen LogP contribution in [0.15, 0.2) is 176 Å². The summed E-state index contributed by atoms with van der Waals surface area (Å²) in [5.41, 5.74) is 8.79. The SMILES string of the molecule is CC1(C)c2ccccc2-c2c(N(c3cc4ccc5cccc6c7cccc8ccc9cccc(c(c3)c4c56)c9c87)c3cccc4ccccc34)cccc21. The van der Waals surface area contributed by atoms with Crippen molar-refractivity contribution in [3.05, 3.63) is 187 Å². The molecule has 0 unspecified atom stereocenters. The number of nitrogens with zero attached hydrogens (tertiary/aromatic N) is 1. The molecule has 0 aliphatic heterocycles. The number of rotatable bonds is 3. The third-order valence-corrected chi connectivity index (χ3v) is 12.5. The van der Waals surface area contributed by atoms with Gasteiger partial charge in [-0.05, 0) is 111 Å². The highest BCUT2D eigenvalue weighted by Crippen LogP contribution is 2.55. The van der Waals surface area contributed by atoms with Crippen molar-refractivity contribution in [1.82, 2.24) is 0 Å². The van der Waals surface area contributed by atoms with Crippen LogP contribution < -0.4 is 4.90 Å². The molecule has 252 valence electrons. The van der Waals surface area contributed by atoms with Crippen LogP contribution >= 0.6 is 0 Å². The zero-order valence-electron chi connectivity index (χ0n) is 30.2. The minimum Gasteiger partial charge on any atom is -0.309 e. The van der Waals surface area contributed by atoms with Crippen molar-refractivity contribution in [2.24, 2.45) is 0 Å². The molecule has 11 aromatic carbocycles. The monoisotopic (exact) mass is 685 g/mol. The van der Waals surface area contributed by atoms with Gasteiger partial charge in [0.15, 0.2) is 0 Å². The number of hydrogen-bond donors (Lipinski definition) is 0. The van der Waals surface area contributed by atoms with Gasteiger partial charge in [-0.15, -0.1) is 0 Å². The van der Waals surface area contributed by atoms with Crippen LogP contribution in [0.5, 0.6) is 0 Å². The fraction of sp³-hybridized carbons (Fsp3) is 0.0566. The summed E-state index contributed by atoms with van der Waals surface area (Å²) in [5, 5.41) is 17.9. The standard InChI is InChI=1S/C53H35N/c1-53(2)44-22-6-5-18-42(44)52-45(53)23-11-25-47(52)54(46-24-10-13-32-12-3-4-17-38(32)46)37-30-36-29-28-35-15-8-20-40-39-19-7-14-33-26-27-34-16-9-21-41(50(34)48(33)39)43(31-37)51(36)49(35)40/h3-31H,1-2H3. The molecule has 12 rings (SSSR count). The van der Waals surface area contributed by atoms with Crippen LogP contribution in [0, 0.1) is 0 Å². The fourth-order valence-electron chi connectivity index (χ4n) is 10.1. The number of hydrogen-bond acceptors (Lipinski definition) is 1. The Morgan fingerprint density at radius 1 is 0.352 bits per heavy atom. The molecule has 0 saturated carbocycles. The lowest BCUT2D eigenvalue weighted by molar-refractivity contribution is 0.660. The fourth-order valence-corrected chi connectivity index (χ4v) is 10.1. The Morgan fingerprint density at radius 2 is 0.833 bits per heavy atom. The zero-order chi connectivity index (χ0) is 35.7. The lowest BCUT2D eigenvalue weighted by atomic mass is 9.82. The Morgan fingerprint density at radius 3 is 1.56 bits per heavy atom. The van der Waals surface area contributed by atoms with Gasteiger partial charge in [0.25, 0.3) is 0 Å². The summed E-state index contributed by atoms with van der Waals surface area (Å²) < 4.78 is 0. The molecule has 0 amide bonds. The molecule has 54 heavy (non-hydrogen) atoms. The molecule has 0 saturated heterocycles. The summed E-state index contributed by atoms with van der Waals surface area (Å²) in [6.45, 7) is 4.75. The van der Waals surface area contributed by atoms with Crippen molar-refractivity contribution in [1.29, 1.82) is 0 Å². The smallest absolute Gasteiger partial charge is 0.0543 e. The summed E-state index contributed by atoms with van der Waals surface area (Å²) in [7, 11) is 0. The maximum atomic E-state index is 2.55. The van der Waals surface area contributed by atoms with E-state index in [1.807, 2.05) is 0 Å². The molecule has 1 nitrogen and oxygen atoms in total. The van der Waals surface area contributed by atoms with Crippen LogP contribution in [0.3, 0.4) is 0 Å². The quantitative estimate of drug-likeness (QED) is 0.167. The zero-order valence-corrected chi connectivity index (χ0v) is 30.2. The van der Waals surface area contributed by atoms with Crippen LogP contribution in [0.1, 0.15) is 25.0 Å². The first-order chi connectivity index (χ1) is 26.6. The van der Waals surface area contributed by atoms with Gasteiger partial charge >= 0.3 is 0 Å². The van der Waals surface area contributed by atoms with Gasteiger partial charge < -0.3 is 4.90 Å². The largest absolute Gasteiger partial charge is 0.309 e. The highest BCUT2D eigenvalue weighted by molar-refractivity contribution is 6.37. The van der Waals surface area contributed by atoms with E-state index in [9.17, 15) is 0 Å². The highest BCUT2D eigenvalue weighted by Gasteiger charge is 2.38. The second-order valence-electron chi connectivity index (χ2n) is 15.6. The van der Waals surface area contributed by atoms with Gasteiger partial charge in [0, 0.05) is 22.1 Å². The van der Waals surface area contributed by atoms with Gasteiger partial charge in [0.05, 0.1) is 11.4 Å². The van der Waals surface area contributed by atoms with Crippen LogP contribution in [0.2, 0.25) is 0 Å². The Labute approximate surface area is 313 Å². The molecule has 1 aliphatic rings. The summed E-state index contributed by atoms with van der Waals surface area (Å²) in [6.07, 6.45) is 0. The molecule has 0 radical (unpaired) electrons. The number of benzene rings is 10. The predicted octanol–water partition coefficient (Wildman–Crippen LogP) is 15.0. The van der Waals surface area contributed by atoms with Gasteiger partial charge in [-0.3, -0.25) is 0 Å². The molecule has 0 bridgehead atoms.